The summed E-state index contributed by atoms with van der Waals surface area (Å²) >= 11 is 0. The van der Waals surface area contributed by atoms with Crippen molar-refractivity contribution in [3.8, 4) is 22.5 Å². The van der Waals surface area contributed by atoms with Crippen molar-refractivity contribution in [1.82, 2.24) is 9.97 Å². The molecule has 0 aliphatic carbocycles. The van der Waals surface area contributed by atoms with Crippen LogP contribution in [0.3, 0.4) is 0 Å². The van der Waals surface area contributed by atoms with E-state index in [9.17, 15) is 0 Å². The van der Waals surface area contributed by atoms with Gasteiger partial charge in [0.1, 0.15) is 0 Å². The minimum Gasteiger partial charge on any atom is -1.00 e. The van der Waals surface area contributed by atoms with Gasteiger partial charge in [-0.25, -0.2) is 0 Å². The largest absolute Gasteiger partial charge is 4.00 e. The van der Waals surface area contributed by atoms with Crippen LogP contribution in [-0.4, -0.2) is 9.97 Å². The fourth-order valence-electron chi connectivity index (χ4n) is 3.63. The maximum absolute atomic E-state index is 3.21. The van der Waals surface area contributed by atoms with Crippen LogP contribution in [0.15, 0.2) is 109 Å². The van der Waals surface area contributed by atoms with Crippen molar-refractivity contribution in [1.29, 1.82) is 0 Å². The van der Waals surface area contributed by atoms with Crippen molar-refractivity contribution >= 4 is 21.5 Å². The first-order valence-corrected chi connectivity index (χ1v) is 9.45. The summed E-state index contributed by atoms with van der Waals surface area (Å²) in [4.78, 5) is 6.43. The Morgan fingerprint density at radius 2 is 0.935 bits per heavy atom. The van der Waals surface area contributed by atoms with E-state index >= 15 is 0 Å². The number of H-pyrrole nitrogens is 2. The Morgan fingerprint density at radius 3 is 1.29 bits per heavy atom. The first-order chi connectivity index (χ1) is 13.9. The van der Waals surface area contributed by atoms with Crippen molar-refractivity contribution < 1.29 is 50.7 Å². The molecule has 2 nitrogen and oxygen atoms in total. The molecule has 2 aromatic heterocycles. The van der Waals surface area contributed by atoms with Crippen LogP contribution < -0.4 is 24.8 Å². The van der Waals surface area contributed by atoms with Gasteiger partial charge in [-0.05, 0) is 23.8 Å². The molecule has 0 unspecified atom stereocenters. The van der Waals surface area contributed by atoms with E-state index < -0.39 is 0 Å². The van der Waals surface area contributed by atoms with E-state index in [0.717, 1.165) is 0 Å². The fraction of sp³-hybridized carbons (Fsp3) is 0. The molecule has 0 saturated carbocycles. The third-order valence-corrected chi connectivity index (χ3v) is 5.05. The van der Waals surface area contributed by atoms with Gasteiger partial charge in [-0.15, -0.1) is 69.1 Å². The SMILES string of the molecule is [Cl-].[Cl-].[Hf+4].c1c[nH]c(-c2cc3ccccc3[cH-]2)c1.c1c[nH]c(-c2cc3ccccc3[cH-]2)c1. The normalized spacial score (nSPS) is 9.81. The van der Waals surface area contributed by atoms with Crippen molar-refractivity contribution in [2.75, 3.05) is 0 Å². The van der Waals surface area contributed by atoms with Gasteiger partial charge in [0.05, 0.1) is 0 Å². The Balaban J connectivity index is 0.000000201. The number of fused-ring (bicyclic) bond motifs is 2. The second-order valence-electron chi connectivity index (χ2n) is 6.91. The van der Waals surface area contributed by atoms with Crippen molar-refractivity contribution in [3.63, 3.8) is 0 Å². The molecule has 0 aliphatic rings. The summed E-state index contributed by atoms with van der Waals surface area (Å²) in [5.74, 6) is 0. The summed E-state index contributed by atoms with van der Waals surface area (Å²) in [6.07, 6.45) is 3.90. The van der Waals surface area contributed by atoms with E-state index in [2.05, 4.69) is 94.9 Å². The van der Waals surface area contributed by atoms with Crippen LogP contribution in [0.2, 0.25) is 0 Å². The van der Waals surface area contributed by atoms with E-state index in [1.165, 1.54) is 44.1 Å². The molecule has 2 heterocycles. The number of aromatic amines is 2. The molecule has 6 aromatic rings. The molecule has 0 radical (unpaired) electrons. The average Bonchev–Trinajstić information content (AvgIpc) is 3.54. The molecule has 152 valence electrons. The molecule has 2 N–H and O–H groups in total. The topological polar surface area (TPSA) is 31.6 Å². The van der Waals surface area contributed by atoms with Gasteiger partial charge in [0, 0.05) is 0 Å². The molecule has 0 atom stereocenters. The zero-order valence-electron chi connectivity index (χ0n) is 16.6. The van der Waals surface area contributed by atoms with Gasteiger partial charge < -0.3 is 34.8 Å². The van der Waals surface area contributed by atoms with Crippen LogP contribution >= 0.6 is 0 Å². The van der Waals surface area contributed by atoms with E-state index in [4.69, 9.17) is 0 Å². The summed E-state index contributed by atoms with van der Waals surface area (Å²) in [5, 5.41) is 5.21. The van der Waals surface area contributed by atoms with Crippen molar-refractivity contribution in [2.45, 2.75) is 0 Å². The Morgan fingerprint density at radius 1 is 0.516 bits per heavy atom. The average molecular weight is 610 g/mol. The van der Waals surface area contributed by atoms with E-state index in [1.807, 2.05) is 24.5 Å². The van der Waals surface area contributed by atoms with E-state index in [0.29, 0.717) is 0 Å². The van der Waals surface area contributed by atoms with E-state index in [1.54, 1.807) is 0 Å². The molecule has 0 fully saturated rings. The Hall–Kier alpha value is -2.33. The second kappa shape index (κ2) is 11.3. The number of hydrogen-bond donors (Lipinski definition) is 2. The third kappa shape index (κ3) is 5.48. The standard InChI is InChI=1S/2C13H10N.2ClH.Hf/c2*1-2-5-11-9-12(8-10(11)4-1)13-6-3-7-14-13;;;/h2*1-9,14H;2*1H;/q2*-1;;;+4/p-2. The molecule has 0 aliphatic heterocycles. The summed E-state index contributed by atoms with van der Waals surface area (Å²) in [6.45, 7) is 0. The number of hydrogen-bond acceptors (Lipinski definition) is 0. The predicted octanol–water partition coefficient (Wildman–Crippen LogP) is 1.11. The number of aromatic nitrogens is 2. The number of rotatable bonds is 2. The summed E-state index contributed by atoms with van der Waals surface area (Å²) in [7, 11) is 0. The smallest absolute Gasteiger partial charge is 1.00 e. The molecule has 31 heavy (non-hydrogen) atoms. The monoisotopic (exact) mass is 610 g/mol. The van der Waals surface area contributed by atoms with Crippen LogP contribution in [0.5, 0.6) is 0 Å². The Labute approximate surface area is 213 Å². The number of benzene rings is 2. The number of halogens is 2. The summed E-state index contributed by atoms with van der Waals surface area (Å²) < 4.78 is 0. The van der Waals surface area contributed by atoms with Crippen LogP contribution in [0.25, 0.3) is 44.1 Å². The molecular weight excluding hydrogens is 590 g/mol. The second-order valence-corrected chi connectivity index (χ2v) is 6.91. The van der Waals surface area contributed by atoms with Crippen LogP contribution in [0.4, 0.5) is 0 Å². The summed E-state index contributed by atoms with van der Waals surface area (Å²) in [5.41, 5.74) is 4.88. The Bertz CT molecular complexity index is 1140. The first kappa shape index (κ1) is 24.9. The first-order valence-electron chi connectivity index (χ1n) is 9.45. The van der Waals surface area contributed by atoms with Crippen LogP contribution in [-0.2, 0) is 25.8 Å². The third-order valence-electron chi connectivity index (χ3n) is 5.05. The van der Waals surface area contributed by atoms with Gasteiger partial charge in [0.2, 0.25) is 0 Å². The molecule has 0 saturated heterocycles. The van der Waals surface area contributed by atoms with Crippen LogP contribution in [0.1, 0.15) is 0 Å². The van der Waals surface area contributed by atoms with Gasteiger partial charge in [-0.1, -0.05) is 60.7 Å². The molecule has 4 aromatic carbocycles. The minimum absolute atomic E-state index is 0. The van der Waals surface area contributed by atoms with Gasteiger partial charge in [0.25, 0.3) is 0 Å². The maximum atomic E-state index is 3.21. The van der Waals surface area contributed by atoms with Crippen molar-refractivity contribution in [2.24, 2.45) is 0 Å². The molecule has 0 bridgehead atoms. The van der Waals surface area contributed by atoms with Gasteiger partial charge >= 0.3 is 25.8 Å². The molecule has 6 rings (SSSR count). The molecule has 0 spiro atoms. The van der Waals surface area contributed by atoms with Crippen molar-refractivity contribution in [3.05, 3.63) is 109 Å². The van der Waals surface area contributed by atoms with Crippen LogP contribution in [0, 0.1) is 0 Å². The zero-order chi connectivity index (χ0) is 18.8. The minimum atomic E-state index is 0. The van der Waals surface area contributed by atoms with Gasteiger partial charge in [-0.2, -0.15) is 0 Å². The molecular formula is C26H20Cl2HfN2. The van der Waals surface area contributed by atoms with Gasteiger partial charge in [0.15, 0.2) is 0 Å². The number of nitrogens with one attached hydrogen (secondary N) is 2. The molecule has 0 amide bonds. The zero-order valence-corrected chi connectivity index (χ0v) is 21.8. The maximum Gasteiger partial charge on any atom is 4.00 e. The predicted molar refractivity (Wildman–Crippen MR) is 119 cm³/mol. The fourth-order valence-corrected chi connectivity index (χ4v) is 3.63. The van der Waals surface area contributed by atoms with E-state index in [-0.39, 0.29) is 50.7 Å². The quantitative estimate of drug-likeness (QED) is 0.218. The van der Waals surface area contributed by atoms with Gasteiger partial charge in [-0.3, -0.25) is 0 Å². The molecule has 5 heteroatoms. The summed E-state index contributed by atoms with van der Waals surface area (Å²) in [6, 6.07) is 33.9. The Kier molecular flexibility index (Phi) is 9.12.